The van der Waals surface area contributed by atoms with Crippen LogP contribution in [0.15, 0.2) is 9.59 Å². The van der Waals surface area contributed by atoms with Gasteiger partial charge in [-0.2, -0.15) is 16.1 Å². The van der Waals surface area contributed by atoms with Gasteiger partial charge >= 0.3 is 5.69 Å². The average molecular weight is 340 g/mol. The topological polar surface area (TPSA) is 88.1 Å². The normalized spacial score (nSPS) is 15.7. The number of thioether (sulfide) groups is 1. The highest BCUT2D eigenvalue weighted by Gasteiger charge is 2.25. The summed E-state index contributed by atoms with van der Waals surface area (Å²) in [5, 5.41) is 0. The van der Waals surface area contributed by atoms with E-state index in [0.29, 0.717) is 18.0 Å². The van der Waals surface area contributed by atoms with E-state index < -0.39 is 11.2 Å². The minimum Gasteiger partial charge on any atom is -0.336 e. The van der Waals surface area contributed by atoms with E-state index in [-0.39, 0.29) is 23.0 Å². The van der Waals surface area contributed by atoms with Gasteiger partial charge in [0.2, 0.25) is 0 Å². The number of carbonyl (C=O) groups is 1. The van der Waals surface area contributed by atoms with Crippen LogP contribution in [0.25, 0.3) is 11.0 Å². The first-order chi connectivity index (χ1) is 10.5. The number of carbonyl (C=O) groups excluding carboxylic acids is 1. The minimum absolute atomic E-state index is 0.160. The molecule has 2 aromatic rings. The Labute approximate surface area is 134 Å². The molecule has 22 heavy (non-hydrogen) atoms. The Kier molecular flexibility index (Phi) is 4.09. The van der Waals surface area contributed by atoms with Gasteiger partial charge in [0, 0.05) is 30.6 Å². The largest absolute Gasteiger partial charge is 0.336 e. The molecule has 1 fully saturated rings. The molecule has 1 aliphatic rings. The zero-order chi connectivity index (χ0) is 15.9. The molecule has 3 heterocycles. The minimum atomic E-state index is -0.504. The molecule has 118 valence electrons. The fraction of sp³-hybridized carbons (Fsp3) is 0.538. The predicted octanol–water partition coefficient (Wildman–Crippen LogP) is 0.916. The molecule has 0 aromatic carbocycles. The fourth-order valence-corrected chi connectivity index (χ4v) is 4.15. The smallest absolute Gasteiger partial charge is 0.329 e. The summed E-state index contributed by atoms with van der Waals surface area (Å²) < 4.78 is 5.22. The highest BCUT2D eigenvalue weighted by atomic mass is 32.2. The summed E-state index contributed by atoms with van der Waals surface area (Å²) in [6, 6.07) is -0.263. The third-order valence-electron chi connectivity index (χ3n) is 3.57. The van der Waals surface area contributed by atoms with Crippen molar-refractivity contribution in [3.8, 4) is 0 Å². The van der Waals surface area contributed by atoms with Gasteiger partial charge < -0.3 is 9.88 Å². The number of H-pyrrole nitrogens is 1. The number of nitrogens with zero attached hydrogens (tertiary/aromatic N) is 3. The summed E-state index contributed by atoms with van der Waals surface area (Å²) in [7, 11) is 0. The lowest BCUT2D eigenvalue weighted by molar-refractivity contribution is 0.0778. The summed E-state index contributed by atoms with van der Waals surface area (Å²) in [5.74, 6) is 1.64. The molecule has 1 N–H and O–H groups in total. The Morgan fingerprint density at radius 1 is 1.27 bits per heavy atom. The van der Waals surface area contributed by atoms with E-state index in [0.717, 1.165) is 27.6 Å². The van der Waals surface area contributed by atoms with Crippen LogP contribution in [0.4, 0.5) is 0 Å². The van der Waals surface area contributed by atoms with Crippen molar-refractivity contribution in [1.82, 2.24) is 18.8 Å². The maximum absolute atomic E-state index is 12.6. The Morgan fingerprint density at radius 2 is 1.95 bits per heavy atom. The van der Waals surface area contributed by atoms with E-state index >= 15 is 0 Å². The second-order valence-electron chi connectivity index (χ2n) is 5.34. The fourth-order valence-electron chi connectivity index (χ4n) is 2.45. The van der Waals surface area contributed by atoms with Crippen LogP contribution in [-0.2, 0) is 0 Å². The first-order valence-corrected chi connectivity index (χ1v) is 8.94. The summed E-state index contributed by atoms with van der Waals surface area (Å²) in [6.45, 7) is 4.87. The van der Waals surface area contributed by atoms with Crippen LogP contribution >= 0.6 is 23.3 Å². The maximum Gasteiger partial charge on any atom is 0.329 e. The van der Waals surface area contributed by atoms with Crippen molar-refractivity contribution < 1.29 is 4.79 Å². The van der Waals surface area contributed by atoms with Gasteiger partial charge in [-0.05, 0) is 25.4 Å². The van der Waals surface area contributed by atoms with Crippen molar-refractivity contribution in [2.45, 2.75) is 19.9 Å². The molecule has 0 radical (unpaired) electrons. The van der Waals surface area contributed by atoms with Crippen molar-refractivity contribution in [1.29, 1.82) is 0 Å². The first-order valence-electron chi connectivity index (χ1n) is 7.02. The lowest BCUT2D eigenvalue weighted by Crippen LogP contribution is -2.38. The second-order valence-corrected chi connectivity index (χ2v) is 7.34. The zero-order valence-corrected chi connectivity index (χ0v) is 13.9. The van der Waals surface area contributed by atoms with Crippen molar-refractivity contribution in [2.75, 3.05) is 24.6 Å². The summed E-state index contributed by atoms with van der Waals surface area (Å²) in [6.07, 6.45) is 0. The van der Waals surface area contributed by atoms with Crippen molar-refractivity contribution >= 4 is 40.2 Å². The van der Waals surface area contributed by atoms with Crippen LogP contribution in [0.5, 0.6) is 0 Å². The van der Waals surface area contributed by atoms with E-state index in [9.17, 15) is 14.4 Å². The molecule has 0 atom stereocenters. The van der Waals surface area contributed by atoms with Gasteiger partial charge in [0.05, 0.1) is 5.52 Å². The van der Waals surface area contributed by atoms with E-state index in [2.05, 4.69) is 9.36 Å². The quantitative estimate of drug-likeness (QED) is 0.878. The second kappa shape index (κ2) is 5.88. The van der Waals surface area contributed by atoms with E-state index in [1.54, 1.807) is 18.7 Å². The third kappa shape index (κ3) is 2.48. The first kappa shape index (κ1) is 15.3. The lowest BCUT2D eigenvalue weighted by atomic mass is 10.3. The Bertz CT molecular complexity index is 830. The van der Waals surface area contributed by atoms with Gasteiger partial charge in [0.15, 0.2) is 5.52 Å². The van der Waals surface area contributed by atoms with Gasteiger partial charge in [-0.1, -0.05) is 0 Å². The molecule has 2 aromatic heterocycles. The molecule has 0 unspecified atom stereocenters. The lowest BCUT2D eigenvalue weighted by Gasteiger charge is -2.25. The van der Waals surface area contributed by atoms with Gasteiger partial charge in [-0.25, -0.2) is 4.79 Å². The van der Waals surface area contributed by atoms with E-state index in [4.69, 9.17) is 0 Å². The molecule has 0 aliphatic carbocycles. The summed E-state index contributed by atoms with van der Waals surface area (Å²) >= 11 is 2.79. The monoisotopic (exact) mass is 340 g/mol. The third-order valence-corrected chi connectivity index (χ3v) is 5.35. The molecule has 1 aliphatic heterocycles. The Morgan fingerprint density at radius 3 is 2.59 bits per heavy atom. The number of aromatic amines is 1. The molecule has 7 nitrogen and oxygen atoms in total. The number of amides is 1. The van der Waals surface area contributed by atoms with Crippen LogP contribution in [0.3, 0.4) is 0 Å². The number of aromatic nitrogens is 3. The molecule has 0 bridgehead atoms. The van der Waals surface area contributed by atoms with Crippen LogP contribution < -0.4 is 11.2 Å². The Balaban J connectivity index is 2.11. The molecule has 1 saturated heterocycles. The van der Waals surface area contributed by atoms with Crippen molar-refractivity contribution in [3.05, 3.63) is 25.7 Å². The average Bonchev–Trinajstić information content (AvgIpc) is 2.91. The van der Waals surface area contributed by atoms with Crippen molar-refractivity contribution in [3.63, 3.8) is 0 Å². The number of hydrogen-bond acceptors (Lipinski definition) is 6. The molecule has 3 rings (SSSR count). The molecule has 0 spiro atoms. The van der Waals surface area contributed by atoms with E-state index in [1.165, 1.54) is 0 Å². The molecule has 9 heteroatoms. The zero-order valence-electron chi connectivity index (χ0n) is 12.3. The number of rotatable bonds is 2. The SMILES string of the molecule is CC(C)n1c(=O)[nH]c2c(C(=O)N3CCSCC3)snc2c1=O. The van der Waals surface area contributed by atoms with Crippen molar-refractivity contribution in [2.24, 2.45) is 0 Å². The van der Waals surface area contributed by atoms with Gasteiger partial charge in [-0.15, -0.1) is 0 Å². The predicted molar refractivity (Wildman–Crippen MR) is 88.1 cm³/mol. The standard InChI is InChI=1S/C13H16N4O3S2/c1-7(2)17-11(18)9-8(14-13(17)20)10(22-15-9)12(19)16-3-5-21-6-4-16/h7H,3-6H2,1-2H3,(H,14,20). The number of hydrogen-bond donors (Lipinski definition) is 1. The highest BCUT2D eigenvalue weighted by molar-refractivity contribution is 7.99. The van der Waals surface area contributed by atoms with Gasteiger partial charge in [-0.3, -0.25) is 14.2 Å². The van der Waals surface area contributed by atoms with E-state index in [1.807, 2.05) is 11.8 Å². The number of nitrogens with one attached hydrogen (secondary N) is 1. The summed E-state index contributed by atoms with van der Waals surface area (Å²) in [5.41, 5.74) is -0.526. The van der Waals surface area contributed by atoms with Crippen LogP contribution in [-0.4, -0.2) is 49.3 Å². The maximum atomic E-state index is 12.6. The highest BCUT2D eigenvalue weighted by Crippen LogP contribution is 2.21. The summed E-state index contributed by atoms with van der Waals surface area (Å²) in [4.78, 5) is 41.8. The van der Waals surface area contributed by atoms with Gasteiger partial charge in [0.1, 0.15) is 4.88 Å². The Hall–Kier alpha value is -1.61. The molecular formula is C13H16N4O3S2. The molecule has 1 amide bonds. The van der Waals surface area contributed by atoms with Crippen LogP contribution in [0.1, 0.15) is 29.6 Å². The van der Waals surface area contributed by atoms with Crippen LogP contribution in [0, 0.1) is 0 Å². The molecule has 0 saturated carbocycles. The van der Waals surface area contributed by atoms with Crippen LogP contribution in [0.2, 0.25) is 0 Å². The molecular weight excluding hydrogens is 324 g/mol. The number of fused-ring (bicyclic) bond motifs is 1. The van der Waals surface area contributed by atoms with Gasteiger partial charge in [0.25, 0.3) is 11.5 Å².